The van der Waals surface area contributed by atoms with Gasteiger partial charge in [-0.2, -0.15) is 0 Å². The van der Waals surface area contributed by atoms with E-state index in [-0.39, 0.29) is 12.4 Å². The number of methoxy groups -OCH3 is 1. The highest BCUT2D eigenvalue weighted by Crippen LogP contribution is 2.18. The number of carbonyl (C=O) groups excluding carboxylic acids is 1. The molecule has 2 aromatic carbocycles. The Kier molecular flexibility index (Phi) is 5.76. The van der Waals surface area contributed by atoms with Crippen LogP contribution in [0.25, 0.3) is 5.69 Å². The van der Waals surface area contributed by atoms with Crippen molar-refractivity contribution in [2.45, 2.75) is 12.8 Å². The summed E-state index contributed by atoms with van der Waals surface area (Å²) in [5, 5.41) is 10.9. The quantitative estimate of drug-likeness (QED) is 0.349. The average molecular weight is 354 g/mol. The van der Waals surface area contributed by atoms with Gasteiger partial charge in [-0.15, -0.1) is 5.10 Å². The Morgan fingerprint density at radius 3 is 2.35 bits per heavy atom. The molecule has 0 saturated heterocycles. The fraction of sp³-hybridized carbons (Fsp3) is 0.222. The Bertz CT molecular complexity index is 817. The first-order chi connectivity index (χ1) is 12.7. The van der Waals surface area contributed by atoms with Crippen molar-refractivity contribution >= 4 is 5.97 Å². The van der Waals surface area contributed by atoms with Gasteiger partial charge in [0.15, 0.2) is 0 Å². The second-order valence-electron chi connectivity index (χ2n) is 5.35. The van der Waals surface area contributed by atoms with E-state index in [1.165, 1.54) is 11.0 Å². The van der Waals surface area contributed by atoms with Crippen LogP contribution in [0.3, 0.4) is 0 Å². The lowest BCUT2D eigenvalue weighted by atomic mass is 10.3. The van der Waals surface area contributed by atoms with Gasteiger partial charge < -0.3 is 14.2 Å². The third-order valence-corrected chi connectivity index (χ3v) is 3.54. The van der Waals surface area contributed by atoms with E-state index in [0.29, 0.717) is 18.8 Å². The molecule has 0 radical (unpaired) electrons. The Morgan fingerprint density at radius 1 is 1.00 bits per heavy atom. The van der Waals surface area contributed by atoms with Crippen molar-refractivity contribution < 1.29 is 19.0 Å². The molecule has 0 amide bonds. The van der Waals surface area contributed by atoms with Gasteiger partial charge in [-0.3, -0.25) is 4.79 Å². The Labute approximate surface area is 150 Å². The molecule has 0 atom stereocenters. The summed E-state index contributed by atoms with van der Waals surface area (Å²) in [6.07, 6.45) is 2.32. The zero-order chi connectivity index (χ0) is 18.2. The number of tetrazole rings is 1. The van der Waals surface area contributed by atoms with E-state index in [9.17, 15) is 4.79 Å². The predicted octanol–water partition coefficient (Wildman–Crippen LogP) is 2.44. The van der Waals surface area contributed by atoms with E-state index in [0.717, 1.165) is 17.2 Å². The van der Waals surface area contributed by atoms with Crippen LogP contribution in [0.1, 0.15) is 12.8 Å². The minimum Gasteiger partial charge on any atom is -0.497 e. The van der Waals surface area contributed by atoms with Crippen LogP contribution in [-0.2, 0) is 4.79 Å². The number of aromatic nitrogens is 4. The van der Waals surface area contributed by atoms with Crippen molar-refractivity contribution in [1.82, 2.24) is 20.2 Å². The van der Waals surface area contributed by atoms with Crippen LogP contribution in [0.2, 0.25) is 0 Å². The number of hydrogen-bond acceptors (Lipinski definition) is 7. The van der Waals surface area contributed by atoms with Crippen molar-refractivity contribution in [3.8, 4) is 22.9 Å². The van der Waals surface area contributed by atoms with Crippen LogP contribution in [0.4, 0.5) is 0 Å². The fourth-order valence-corrected chi connectivity index (χ4v) is 2.21. The van der Waals surface area contributed by atoms with Gasteiger partial charge in [0.1, 0.15) is 23.6 Å². The molecular formula is C18H18N4O4. The van der Waals surface area contributed by atoms with E-state index < -0.39 is 0 Å². The van der Waals surface area contributed by atoms with Crippen LogP contribution in [0, 0.1) is 0 Å². The third kappa shape index (κ3) is 4.79. The standard InChI is InChI=1S/C18H18N4O4/c1-24-15-8-10-16(11-9-15)25-12-2-3-18(23)26-17-6-4-14(5-7-17)22-13-19-20-21-22/h4-11,13H,2-3,12H2,1H3. The highest BCUT2D eigenvalue weighted by Gasteiger charge is 2.06. The smallest absolute Gasteiger partial charge is 0.311 e. The van der Waals surface area contributed by atoms with Gasteiger partial charge in [0.05, 0.1) is 19.4 Å². The minimum atomic E-state index is -0.307. The topological polar surface area (TPSA) is 88.4 Å². The molecule has 0 N–H and O–H groups in total. The molecule has 0 bridgehead atoms. The Hall–Kier alpha value is -3.42. The van der Waals surface area contributed by atoms with Crippen LogP contribution in [-0.4, -0.2) is 39.9 Å². The molecule has 0 fully saturated rings. The van der Waals surface area contributed by atoms with Gasteiger partial charge >= 0.3 is 5.97 Å². The normalized spacial score (nSPS) is 10.3. The summed E-state index contributed by atoms with van der Waals surface area (Å²) in [6, 6.07) is 14.2. The number of carbonyl (C=O) groups is 1. The largest absolute Gasteiger partial charge is 0.497 e. The number of hydrogen-bond donors (Lipinski definition) is 0. The first-order valence-corrected chi connectivity index (χ1v) is 8.05. The number of esters is 1. The van der Waals surface area contributed by atoms with Gasteiger partial charge in [-0.05, 0) is 65.4 Å². The molecular weight excluding hydrogens is 336 g/mol. The van der Waals surface area contributed by atoms with E-state index in [4.69, 9.17) is 14.2 Å². The summed E-state index contributed by atoms with van der Waals surface area (Å²) in [7, 11) is 1.61. The average Bonchev–Trinajstić information content (AvgIpc) is 3.21. The molecule has 26 heavy (non-hydrogen) atoms. The molecule has 8 nitrogen and oxygen atoms in total. The maximum atomic E-state index is 11.9. The molecule has 0 unspecified atom stereocenters. The molecule has 0 aliphatic heterocycles. The van der Waals surface area contributed by atoms with Crippen LogP contribution >= 0.6 is 0 Å². The SMILES string of the molecule is COc1ccc(OCCCC(=O)Oc2ccc(-n3cnnn3)cc2)cc1. The van der Waals surface area contributed by atoms with Gasteiger partial charge in [0, 0.05) is 6.42 Å². The maximum absolute atomic E-state index is 11.9. The molecule has 3 rings (SSSR count). The summed E-state index contributed by atoms with van der Waals surface area (Å²) < 4.78 is 17.5. The lowest BCUT2D eigenvalue weighted by Crippen LogP contribution is -2.10. The number of rotatable bonds is 8. The van der Waals surface area contributed by atoms with E-state index in [1.807, 2.05) is 24.3 Å². The Morgan fingerprint density at radius 2 is 1.69 bits per heavy atom. The predicted molar refractivity (Wildman–Crippen MR) is 92.5 cm³/mol. The summed E-state index contributed by atoms with van der Waals surface area (Å²) in [5.41, 5.74) is 0.780. The van der Waals surface area contributed by atoms with Crippen molar-refractivity contribution in [2.24, 2.45) is 0 Å². The van der Waals surface area contributed by atoms with Crippen molar-refractivity contribution in [1.29, 1.82) is 0 Å². The van der Waals surface area contributed by atoms with Gasteiger partial charge in [0.25, 0.3) is 0 Å². The molecule has 0 saturated carbocycles. The molecule has 8 heteroatoms. The van der Waals surface area contributed by atoms with E-state index >= 15 is 0 Å². The molecule has 1 heterocycles. The molecule has 3 aromatic rings. The summed E-state index contributed by atoms with van der Waals surface area (Å²) in [6.45, 7) is 0.430. The third-order valence-electron chi connectivity index (χ3n) is 3.54. The van der Waals surface area contributed by atoms with E-state index in [1.54, 1.807) is 31.4 Å². The number of benzene rings is 2. The van der Waals surface area contributed by atoms with Gasteiger partial charge in [-0.25, -0.2) is 4.68 Å². The van der Waals surface area contributed by atoms with Gasteiger partial charge in [0.2, 0.25) is 0 Å². The zero-order valence-corrected chi connectivity index (χ0v) is 14.2. The maximum Gasteiger partial charge on any atom is 0.311 e. The molecule has 1 aromatic heterocycles. The zero-order valence-electron chi connectivity index (χ0n) is 14.2. The molecule has 0 aliphatic carbocycles. The minimum absolute atomic E-state index is 0.269. The first kappa shape index (κ1) is 17.4. The second-order valence-corrected chi connectivity index (χ2v) is 5.35. The highest BCUT2D eigenvalue weighted by atomic mass is 16.5. The fourth-order valence-electron chi connectivity index (χ4n) is 2.21. The summed E-state index contributed by atoms with van der Waals surface area (Å²) in [5.74, 6) is 1.67. The second kappa shape index (κ2) is 8.61. The highest BCUT2D eigenvalue weighted by molar-refractivity contribution is 5.72. The lowest BCUT2D eigenvalue weighted by molar-refractivity contribution is -0.134. The summed E-state index contributed by atoms with van der Waals surface area (Å²) >= 11 is 0. The lowest BCUT2D eigenvalue weighted by Gasteiger charge is -2.07. The van der Waals surface area contributed by atoms with E-state index in [2.05, 4.69) is 15.5 Å². The first-order valence-electron chi connectivity index (χ1n) is 8.05. The van der Waals surface area contributed by atoms with Crippen molar-refractivity contribution in [3.05, 3.63) is 54.9 Å². The monoisotopic (exact) mass is 354 g/mol. The van der Waals surface area contributed by atoms with Crippen LogP contribution in [0.5, 0.6) is 17.2 Å². The van der Waals surface area contributed by atoms with Crippen LogP contribution in [0.15, 0.2) is 54.9 Å². The molecule has 134 valence electrons. The van der Waals surface area contributed by atoms with Crippen LogP contribution < -0.4 is 14.2 Å². The van der Waals surface area contributed by atoms with Gasteiger partial charge in [-0.1, -0.05) is 0 Å². The number of ether oxygens (including phenoxy) is 3. The molecule has 0 spiro atoms. The Balaban J connectivity index is 1.39. The molecule has 0 aliphatic rings. The van der Waals surface area contributed by atoms with Crippen molar-refractivity contribution in [3.63, 3.8) is 0 Å². The number of nitrogens with zero attached hydrogens (tertiary/aromatic N) is 4. The summed E-state index contributed by atoms with van der Waals surface area (Å²) in [4.78, 5) is 11.9. The van der Waals surface area contributed by atoms with Crippen molar-refractivity contribution in [2.75, 3.05) is 13.7 Å².